The van der Waals surface area contributed by atoms with Crippen molar-refractivity contribution in [3.05, 3.63) is 41.1 Å². The summed E-state index contributed by atoms with van der Waals surface area (Å²) in [6.45, 7) is 5.05. The lowest BCUT2D eigenvalue weighted by atomic mass is 10.1. The van der Waals surface area contributed by atoms with E-state index in [9.17, 15) is 4.79 Å². The number of aromatic nitrogens is 3. The van der Waals surface area contributed by atoms with Gasteiger partial charge >= 0.3 is 0 Å². The monoisotopic (exact) mass is 315 g/mol. The van der Waals surface area contributed by atoms with E-state index in [1.54, 1.807) is 13.1 Å². The Labute approximate surface area is 135 Å². The van der Waals surface area contributed by atoms with Gasteiger partial charge in [-0.3, -0.25) is 9.69 Å². The van der Waals surface area contributed by atoms with Crippen LogP contribution in [-0.2, 0) is 6.54 Å². The molecule has 23 heavy (non-hydrogen) atoms. The van der Waals surface area contributed by atoms with E-state index in [4.69, 9.17) is 4.42 Å². The average Bonchev–Trinajstić information content (AvgIpc) is 3.14. The minimum Gasteiger partial charge on any atom is -0.448 e. The molecule has 1 unspecified atom stereocenters. The summed E-state index contributed by atoms with van der Waals surface area (Å²) >= 11 is 0. The first-order valence-corrected chi connectivity index (χ1v) is 7.77. The van der Waals surface area contributed by atoms with Gasteiger partial charge in [-0.25, -0.2) is 15.0 Å². The molecule has 1 fully saturated rings. The van der Waals surface area contributed by atoms with Crippen molar-refractivity contribution in [2.45, 2.75) is 39.3 Å². The molecule has 1 atom stereocenters. The van der Waals surface area contributed by atoms with E-state index in [-0.39, 0.29) is 11.9 Å². The van der Waals surface area contributed by atoms with E-state index < -0.39 is 0 Å². The summed E-state index contributed by atoms with van der Waals surface area (Å²) in [6.07, 6.45) is 5.32. The molecule has 2 aromatic rings. The number of nitrogens with one attached hydrogen (secondary N) is 1. The fourth-order valence-corrected chi connectivity index (χ4v) is 2.98. The minimum absolute atomic E-state index is 0.248. The van der Waals surface area contributed by atoms with Crippen LogP contribution in [0.2, 0.25) is 0 Å². The number of likely N-dealkylation sites (tertiary alicyclic amines) is 1. The molecular weight excluding hydrogens is 294 g/mol. The van der Waals surface area contributed by atoms with Gasteiger partial charge in [0, 0.05) is 18.3 Å². The second kappa shape index (κ2) is 6.45. The molecule has 0 spiro atoms. The van der Waals surface area contributed by atoms with E-state index in [0.29, 0.717) is 18.0 Å². The number of carbonyl (C=O) groups is 1. The molecular formula is C16H21N5O2. The number of carbonyl (C=O) groups excluding carboxylic acids is 1. The third-order valence-corrected chi connectivity index (χ3v) is 4.25. The standard InChI is InChI=1S/C16H21N5O2/c1-10-14(19-9-23-10)16(22)18-8-12-7-17-11(2)20-15(12)13-5-4-6-21(13)3/h7,9,13H,4-6,8H2,1-3H3,(H,18,22). The lowest BCUT2D eigenvalue weighted by molar-refractivity contribution is 0.0944. The molecule has 1 saturated heterocycles. The van der Waals surface area contributed by atoms with Crippen molar-refractivity contribution in [2.24, 2.45) is 0 Å². The first-order chi connectivity index (χ1) is 11.1. The molecule has 0 aliphatic carbocycles. The van der Waals surface area contributed by atoms with Gasteiger partial charge in [-0.1, -0.05) is 0 Å². The molecule has 1 N–H and O–H groups in total. The van der Waals surface area contributed by atoms with Crippen LogP contribution in [0.15, 0.2) is 17.0 Å². The van der Waals surface area contributed by atoms with E-state index >= 15 is 0 Å². The van der Waals surface area contributed by atoms with Crippen LogP contribution in [0.25, 0.3) is 0 Å². The Bertz CT molecular complexity index is 712. The van der Waals surface area contributed by atoms with Crippen LogP contribution in [0.4, 0.5) is 0 Å². The van der Waals surface area contributed by atoms with Crippen LogP contribution < -0.4 is 5.32 Å². The van der Waals surface area contributed by atoms with E-state index in [1.807, 2.05) is 6.92 Å². The second-order valence-corrected chi connectivity index (χ2v) is 5.91. The minimum atomic E-state index is -0.248. The molecule has 2 aromatic heterocycles. The van der Waals surface area contributed by atoms with Gasteiger partial charge in [0.25, 0.3) is 5.91 Å². The van der Waals surface area contributed by atoms with Crippen LogP contribution in [-0.4, -0.2) is 39.4 Å². The van der Waals surface area contributed by atoms with Gasteiger partial charge < -0.3 is 9.73 Å². The summed E-state index contributed by atoms with van der Waals surface area (Å²) in [5.74, 6) is 1.02. The molecule has 1 aliphatic rings. The fourth-order valence-electron chi connectivity index (χ4n) is 2.98. The number of nitrogens with zero attached hydrogens (tertiary/aromatic N) is 4. The summed E-state index contributed by atoms with van der Waals surface area (Å²) in [5.41, 5.74) is 2.27. The second-order valence-electron chi connectivity index (χ2n) is 5.91. The van der Waals surface area contributed by atoms with Crippen LogP contribution in [0.1, 0.15) is 52.2 Å². The molecule has 7 heteroatoms. The highest BCUT2D eigenvalue weighted by Crippen LogP contribution is 2.31. The molecule has 122 valence electrons. The predicted octanol–water partition coefficient (Wildman–Crippen LogP) is 1.78. The Hall–Kier alpha value is -2.28. The van der Waals surface area contributed by atoms with Gasteiger partial charge in [-0.05, 0) is 40.3 Å². The summed E-state index contributed by atoms with van der Waals surface area (Å²) < 4.78 is 5.07. The van der Waals surface area contributed by atoms with Crippen molar-refractivity contribution in [1.82, 2.24) is 25.2 Å². The number of hydrogen-bond acceptors (Lipinski definition) is 6. The van der Waals surface area contributed by atoms with Crippen molar-refractivity contribution in [3.63, 3.8) is 0 Å². The quantitative estimate of drug-likeness (QED) is 0.926. The lowest BCUT2D eigenvalue weighted by Gasteiger charge is -2.21. The number of aryl methyl sites for hydroxylation is 2. The van der Waals surface area contributed by atoms with E-state index in [2.05, 4.69) is 32.2 Å². The van der Waals surface area contributed by atoms with Crippen LogP contribution in [0.5, 0.6) is 0 Å². The maximum absolute atomic E-state index is 12.2. The zero-order valence-electron chi connectivity index (χ0n) is 13.7. The third kappa shape index (κ3) is 3.24. The first kappa shape index (κ1) is 15.6. The molecule has 0 aromatic carbocycles. The van der Waals surface area contributed by atoms with Crippen molar-refractivity contribution in [3.8, 4) is 0 Å². The third-order valence-electron chi connectivity index (χ3n) is 4.25. The van der Waals surface area contributed by atoms with Crippen molar-refractivity contribution < 1.29 is 9.21 Å². The molecule has 0 saturated carbocycles. The normalized spacial score (nSPS) is 18.3. The number of hydrogen-bond donors (Lipinski definition) is 1. The zero-order chi connectivity index (χ0) is 16.4. The molecule has 0 bridgehead atoms. The zero-order valence-corrected chi connectivity index (χ0v) is 13.7. The van der Waals surface area contributed by atoms with Gasteiger partial charge in [-0.15, -0.1) is 0 Å². The predicted molar refractivity (Wildman–Crippen MR) is 83.8 cm³/mol. The molecule has 3 heterocycles. The van der Waals surface area contributed by atoms with Gasteiger partial charge in [0.15, 0.2) is 12.1 Å². The Kier molecular flexibility index (Phi) is 4.38. The van der Waals surface area contributed by atoms with Gasteiger partial charge in [-0.2, -0.15) is 0 Å². The van der Waals surface area contributed by atoms with Crippen LogP contribution in [0.3, 0.4) is 0 Å². The average molecular weight is 315 g/mol. The van der Waals surface area contributed by atoms with Crippen LogP contribution in [0, 0.1) is 13.8 Å². The molecule has 0 radical (unpaired) electrons. The molecule has 1 amide bonds. The number of amides is 1. The maximum atomic E-state index is 12.2. The van der Waals surface area contributed by atoms with Crippen molar-refractivity contribution in [1.29, 1.82) is 0 Å². The van der Waals surface area contributed by atoms with Gasteiger partial charge in [0.05, 0.1) is 11.7 Å². The maximum Gasteiger partial charge on any atom is 0.273 e. The largest absolute Gasteiger partial charge is 0.448 e. The molecule has 3 rings (SSSR count). The van der Waals surface area contributed by atoms with Gasteiger partial charge in [0.1, 0.15) is 11.6 Å². The summed E-state index contributed by atoms with van der Waals surface area (Å²) in [4.78, 5) is 27.3. The fraction of sp³-hybridized carbons (Fsp3) is 0.500. The molecule has 7 nitrogen and oxygen atoms in total. The van der Waals surface area contributed by atoms with Crippen molar-refractivity contribution in [2.75, 3.05) is 13.6 Å². The highest BCUT2D eigenvalue weighted by atomic mass is 16.3. The Morgan fingerprint density at radius 1 is 1.43 bits per heavy atom. The Morgan fingerprint density at radius 3 is 2.91 bits per heavy atom. The Morgan fingerprint density at radius 2 is 2.26 bits per heavy atom. The highest BCUT2D eigenvalue weighted by Gasteiger charge is 2.26. The lowest BCUT2D eigenvalue weighted by Crippen LogP contribution is -2.27. The van der Waals surface area contributed by atoms with Gasteiger partial charge in [0.2, 0.25) is 0 Å². The van der Waals surface area contributed by atoms with Crippen molar-refractivity contribution >= 4 is 5.91 Å². The SMILES string of the molecule is Cc1ncc(CNC(=O)c2ncoc2C)c(C2CCCN2C)n1. The van der Waals surface area contributed by atoms with Crippen LogP contribution >= 0.6 is 0 Å². The number of oxazole rings is 1. The summed E-state index contributed by atoms with van der Waals surface area (Å²) in [6, 6.07) is 0.289. The van der Waals surface area contributed by atoms with E-state index in [1.165, 1.54) is 6.39 Å². The Balaban J connectivity index is 1.77. The summed E-state index contributed by atoms with van der Waals surface area (Å²) in [5, 5.41) is 2.88. The molecule has 1 aliphatic heterocycles. The summed E-state index contributed by atoms with van der Waals surface area (Å²) in [7, 11) is 2.11. The highest BCUT2D eigenvalue weighted by molar-refractivity contribution is 5.92. The smallest absolute Gasteiger partial charge is 0.273 e. The van der Waals surface area contributed by atoms with E-state index in [0.717, 1.165) is 36.5 Å². The number of rotatable bonds is 4. The topological polar surface area (TPSA) is 84.2 Å². The first-order valence-electron chi connectivity index (χ1n) is 7.77.